The van der Waals surface area contributed by atoms with Crippen LogP contribution in [0.2, 0.25) is 0 Å². The Bertz CT molecular complexity index is 655. The highest BCUT2D eigenvalue weighted by Crippen LogP contribution is 2.20. The second kappa shape index (κ2) is 5.75. The van der Waals surface area contributed by atoms with Gasteiger partial charge in [0.25, 0.3) is 0 Å². The molecule has 0 spiro atoms. The van der Waals surface area contributed by atoms with Crippen molar-refractivity contribution in [1.82, 2.24) is 5.32 Å². The van der Waals surface area contributed by atoms with Gasteiger partial charge in [0, 0.05) is 17.1 Å². The summed E-state index contributed by atoms with van der Waals surface area (Å²) in [6.45, 7) is 0.545. The number of Topliss-reactive ketones (excluding diaryl/α,β-unsaturated/α-hetero) is 2. The molecule has 1 heterocycles. The molecule has 2 unspecified atom stereocenters. The Balaban J connectivity index is 1.64. The molecule has 1 saturated carbocycles. The van der Waals surface area contributed by atoms with E-state index in [9.17, 15) is 14.0 Å². The molecule has 0 amide bonds. The lowest BCUT2D eigenvalue weighted by atomic mass is 9.82. The van der Waals surface area contributed by atoms with Gasteiger partial charge in [-0.1, -0.05) is 6.07 Å². The van der Waals surface area contributed by atoms with Crippen LogP contribution in [-0.2, 0) is 16.1 Å². The van der Waals surface area contributed by atoms with E-state index in [1.165, 1.54) is 12.1 Å². The number of benzene rings is 1. The summed E-state index contributed by atoms with van der Waals surface area (Å²) in [5.74, 6) is -1.20. The first-order valence-corrected chi connectivity index (χ1v) is 7.39. The standard InChI is InChI=1S/C15H13FN2O2S/c16-9-3-5-10(6-4-9)18-13-12(14(19)15(13)20)17-8-11-2-1-7-21-11/h1-7,12-13,17-18H,8H2. The van der Waals surface area contributed by atoms with Crippen LogP contribution in [0.3, 0.4) is 0 Å². The maximum atomic E-state index is 12.9. The van der Waals surface area contributed by atoms with E-state index in [4.69, 9.17) is 0 Å². The number of nitrogens with one attached hydrogen (secondary N) is 2. The highest BCUT2D eigenvalue weighted by Gasteiger charge is 2.48. The lowest BCUT2D eigenvalue weighted by Crippen LogP contribution is -2.66. The molecule has 0 aliphatic heterocycles. The van der Waals surface area contributed by atoms with E-state index < -0.39 is 23.7 Å². The molecule has 0 radical (unpaired) electrons. The minimum Gasteiger partial charge on any atom is -0.373 e. The van der Waals surface area contributed by atoms with E-state index in [-0.39, 0.29) is 5.82 Å². The van der Waals surface area contributed by atoms with E-state index >= 15 is 0 Å². The van der Waals surface area contributed by atoms with E-state index in [1.807, 2.05) is 17.5 Å². The Morgan fingerprint density at radius 1 is 1.05 bits per heavy atom. The van der Waals surface area contributed by atoms with Crippen molar-refractivity contribution in [3.63, 3.8) is 0 Å². The molecule has 4 nitrogen and oxygen atoms in total. The summed E-state index contributed by atoms with van der Waals surface area (Å²) in [5, 5.41) is 8.01. The van der Waals surface area contributed by atoms with E-state index in [2.05, 4.69) is 10.6 Å². The summed E-state index contributed by atoms with van der Waals surface area (Å²) < 4.78 is 12.9. The summed E-state index contributed by atoms with van der Waals surface area (Å²) in [6, 6.07) is 8.47. The molecule has 21 heavy (non-hydrogen) atoms. The first kappa shape index (κ1) is 13.9. The predicted molar refractivity (Wildman–Crippen MR) is 78.8 cm³/mol. The zero-order valence-corrected chi connectivity index (χ0v) is 11.8. The fourth-order valence-corrected chi connectivity index (χ4v) is 2.88. The van der Waals surface area contributed by atoms with Crippen molar-refractivity contribution in [2.75, 3.05) is 5.32 Å². The zero-order chi connectivity index (χ0) is 14.8. The van der Waals surface area contributed by atoms with Crippen LogP contribution in [0, 0.1) is 5.82 Å². The Hall–Kier alpha value is -2.05. The number of thiophene rings is 1. The second-order valence-electron chi connectivity index (χ2n) is 4.80. The highest BCUT2D eigenvalue weighted by atomic mass is 32.1. The van der Waals surface area contributed by atoms with Gasteiger partial charge in [-0.05, 0) is 35.7 Å². The molecule has 3 rings (SSSR count). The molecule has 1 aromatic carbocycles. The van der Waals surface area contributed by atoms with Crippen molar-refractivity contribution in [3.8, 4) is 0 Å². The number of hydrogen-bond donors (Lipinski definition) is 2. The summed E-state index contributed by atoms with van der Waals surface area (Å²) >= 11 is 1.59. The Labute approximate surface area is 125 Å². The van der Waals surface area contributed by atoms with Gasteiger partial charge in [-0.15, -0.1) is 11.3 Å². The minimum absolute atomic E-state index is 0.344. The fourth-order valence-electron chi connectivity index (χ4n) is 2.22. The summed E-state index contributed by atoms with van der Waals surface area (Å²) in [6.07, 6.45) is 0. The molecule has 2 atom stereocenters. The monoisotopic (exact) mass is 304 g/mol. The Morgan fingerprint density at radius 2 is 1.76 bits per heavy atom. The van der Waals surface area contributed by atoms with Crippen LogP contribution in [0.25, 0.3) is 0 Å². The Morgan fingerprint density at radius 3 is 2.43 bits per heavy atom. The number of carbonyl (C=O) groups excluding carboxylic acids is 2. The van der Waals surface area contributed by atoms with Crippen molar-refractivity contribution >= 4 is 28.6 Å². The number of carbonyl (C=O) groups is 2. The lowest BCUT2D eigenvalue weighted by molar-refractivity contribution is -0.145. The van der Waals surface area contributed by atoms with Gasteiger partial charge in [0.15, 0.2) is 0 Å². The van der Waals surface area contributed by atoms with Crippen molar-refractivity contribution in [1.29, 1.82) is 0 Å². The van der Waals surface area contributed by atoms with Crippen molar-refractivity contribution in [2.45, 2.75) is 18.6 Å². The smallest absolute Gasteiger partial charge is 0.224 e. The average Bonchev–Trinajstić information content (AvgIpc) is 3.01. The maximum Gasteiger partial charge on any atom is 0.224 e. The SMILES string of the molecule is O=C1C(=O)C(Nc2ccc(F)cc2)C1NCc1cccs1. The van der Waals surface area contributed by atoms with Gasteiger partial charge in [-0.3, -0.25) is 9.59 Å². The van der Waals surface area contributed by atoms with Crippen molar-refractivity contribution in [3.05, 3.63) is 52.5 Å². The molecule has 6 heteroatoms. The number of halogens is 1. The zero-order valence-electron chi connectivity index (χ0n) is 11.0. The first-order chi connectivity index (χ1) is 10.1. The van der Waals surface area contributed by atoms with E-state index in [0.29, 0.717) is 12.2 Å². The third-order valence-electron chi connectivity index (χ3n) is 3.38. The second-order valence-corrected chi connectivity index (χ2v) is 5.83. The molecule has 108 valence electrons. The largest absolute Gasteiger partial charge is 0.373 e. The van der Waals surface area contributed by atoms with Crippen LogP contribution in [-0.4, -0.2) is 23.7 Å². The number of rotatable bonds is 5. The van der Waals surface area contributed by atoms with Crippen LogP contribution in [0.15, 0.2) is 41.8 Å². The molecule has 0 saturated heterocycles. The van der Waals surface area contributed by atoms with Gasteiger partial charge in [0.05, 0.1) is 0 Å². The molecule has 1 fully saturated rings. The summed E-state index contributed by atoms with van der Waals surface area (Å²) in [7, 11) is 0. The summed E-state index contributed by atoms with van der Waals surface area (Å²) in [5.41, 5.74) is 0.616. The fraction of sp³-hybridized carbons (Fsp3) is 0.200. The molecular formula is C15H13FN2O2S. The maximum absolute atomic E-state index is 12.9. The molecular weight excluding hydrogens is 291 g/mol. The quantitative estimate of drug-likeness (QED) is 0.829. The van der Waals surface area contributed by atoms with Crippen LogP contribution >= 0.6 is 11.3 Å². The van der Waals surface area contributed by atoms with Crippen molar-refractivity contribution < 1.29 is 14.0 Å². The molecule has 1 aliphatic carbocycles. The molecule has 2 aromatic rings. The molecule has 1 aromatic heterocycles. The summed E-state index contributed by atoms with van der Waals surface area (Å²) in [4.78, 5) is 24.4. The van der Waals surface area contributed by atoms with Crippen LogP contribution < -0.4 is 10.6 Å². The molecule has 1 aliphatic rings. The first-order valence-electron chi connectivity index (χ1n) is 6.51. The van der Waals surface area contributed by atoms with E-state index in [0.717, 1.165) is 4.88 Å². The van der Waals surface area contributed by atoms with Crippen LogP contribution in [0.1, 0.15) is 4.88 Å². The average molecular weight is 304 g/mol. The number of ketones is 2. The number of hydrogen-bond acceptors (Lipinski definition) is 5. The molecule has 0 bridgehead atoms. The van der Waals surface area contributed by atoms with Gasteiger partial charge in [-0.25, -0.2) is 4.39 Å². The van der Waals surface area contributed by atoms with Gasteiger partial charge in [0.2, 0.25) is 11.6 Å². The minimum atomic E-state index is -0.595. The van der Waals surface area contributed by atoms with Crippen molar-refractivity contribution in [2.24, 2.45) is 0 Å². The van der Waals surface area contributed by atoms with Crippen LogP contribution in [0.4, 0.5) is 10.1 Å². The van der Waals surface area contributed by atoms with Gasteiger partial charge in [-0.2, -0.15) is 0 Å². The predicted octanol–water partition coefficient (Wildman–Crippen LogP) is 1.98. The van der Waals surface area contributed by atoms with Gasteiger partial charge < -0.3 is 10.6 Å². The normalized spacial score (nSPS) is 21.2. The lowest BCUT2D eigenvalue weighted by Gasteiger charge is -2.34. The van der Waals surface area contributed by atoms with Crippen LogP contribution in [0.5, 0.6) is 0 Å². The third-order valence-corrected chi connectivity index (χ3v) is 4.26. The topological polar surface area (TPSA) is 58.2 Å². The van der Waals surface area contributed by atoms with Gasteiger partial charge in [0.1, 0.15) is 17.9 Å². The third kappa shape index (κ3) is 2.86. The number of anilines is 1. The Kier molecular flexibility index (Phi) is 3.81. The highest BCUT2D eigenvalue weighted by molar-refractivity contribution is 7.09. The molecule has 2 N–H and O–H groups in total. The van der Waals surface area contributed by atoms with E-state index in [1.54, 1.807) is 23.5 Å². The van der Waals surface area contributed by atoms with Gasteiger partial charge >= 0.3 is 0 Å².